The number of rotatable bonds is 3. The van der Waals surface area contributed by atoms with Crippen molar-refractivity contribution in [1.82, 2.24) is 9.97 Å². The van der Waals surface area contributed by atoms with Gasteiger partial charge in [-0.05, 0) is 24.6 Å². The van der Waals surface area contributed by atoms with E-state index in [0.29, 0.717) is 16.3 Å². The van der Waals surface area contributed by atoms with Gasteiger partial charge in [-0.25, -0.2) is 14.8 Å². The normalized spacial score (nSPS) is 10.3. The number of aromatic nitrogens is 2. The van der Waals surface area contributed by atoms with Crippen molar-refractivity contribution in [3.63, 3.8) is 0 Å². The molecule has 0 spiro atoms. The molecule has 0 unspecified atom stereocenters. The highest BCUT2D eigenvalue weighted by Crippen LogP contribution is 2.35. The van der Waals surface area contributed by atoms with Crippen LogP contribution in [0.2, 0.25) is 5.02 Å². The van der Waals surface area contributed by atoms with Gasteiger partial charge < -0.3 is 9.84 Å². The molecule has 0 bridgehead atoms. The van der Waals surface area contributed by atoms with Crippen LogP contribution >= 0.6 is 11.6 Å². The van der Waals surface area contributed by atoms with Crippen molar-refractivity contribution in [1.29, 1.82) is 0 Å². The van der Waals surface area contributed by atoms with Crippen molar-refractivity contribution in [2.75, 3.05) is 7.11 Å². The Morgan fingerprint density at radius 1 is 1.42 bits per heavy atom. The minimum Gasteiger partial charge on any atom is -0.496 e. The molecule has 5 nitrogen and oxygen atoms in total. The van der Waals surface area contributed by atoms with Crippen molar-refractivity contribution in [2.45, 2.75) is 6.92 Å². The minimum absolute atomic E-state index is 0.00228. The number of carboxylic acid groups (broad SMARTS) is 1. The highest BCUT2D eigenvalue weighted by atomic mass is 35.5. The lowest BCUT2D eigenvalue weighted by atomic mass is 10.0. The second kappa shape index (κ2) is 5.24. The molecule has 1 aromatic heterocycles. The first kappa shape index (κ1) is 13.3. The number of halogens is 1. The zero-order valence-corrected chi connectivity index (χ0v) is 11.1. The Hall–Kier alpha value is -2.14. The van der Waals surface area contributed by atoms with Crippen LogP contribution in [-0.4, -0.2) is 28.2 Å². The average Bonchev–Trinajstić information content (AvgIpc) is 2.37. The van der Waals surface area contributed by atoms with Crippen LogP contribution in [-0.2, 0) is 0 Å². The standard InChI is InChI=1S/C13H11ClN2O3/c1-7-3-8(14)4-9(12(7)19-2)11-10(13(17)18)5-15-6-16-11/h3-6H,1-2H3,(H,17,18). The molecule has 2 rings (SSSR count). The molecule has 0 aliphatic rings. The summed E-state index contributed by atoms with van der Waals surface area (Å²) in [6, 6.07) is 3.37. The maximum absolute atomic E-state index is 11.2. The number of benzene rings is 1. The zero-order chi connectivity index (χ0) is 14.0. The smallest absolute Gasteiger partial charge is 0.339 e. The summed E-state index contributed by atoms with van der Waals surface area (Å²) in [6.45, 7) is 1.83. The summed E-state index contributed by atoms with van der Waals surface area (Å²) in [5.41, 5.74) is 1.62. The van der Waals surface area contributed by atoms with Crippen LogP contribution in [0.25, 0.3) is 11.3 Å². The maximum Gasteiger partial charge on any atom is 0.339 e. The number of methoxy groups -OCH3 is 1. The topological polar surface area (TPSA) is 72.3 Å². The van der Waals surface area contributed by atoms with Gasteiger partial charge in [0.1, 0.15) is 17.6 Å². The van der Waals surface area contributed by atoms with Gasteiger partial charge in [0.25, 0.3) is 0 Å². The SMILES string of the molecule is COc1c(C)cc(Cl)cc1-c1ncncc1C(=O)O. The fraction of sp³-hybridized carbons (Fsp3) is 0.154. The van der Waals surface area contributed by atoms with Gasteiger partial charge >= 0.3 is 5.97 Å². The number of carboxylic acids is 1. The van der Waals surface area contributed by atoms with Crippen LogP contribution in [0.4, 0.5) is 0 Å². The quantitative estimate of drug-likeness (QED) is 0.934. The van der Waals surface area contributed by atoms with E-state index in [-0.39, 0.29) is 11.3 Å². The van der Waals surface area contributed by atoms with E-state index in [1.807, 2.05) is 6.92 Å². The number of hydrogen-bond acceptors (Lipinski definition) is 4. The molecular weight excluding hydrogens is 268 g/mol. The first-order valence-corrected chi connectivity index (χ1v) is 5.80. The molecule has 0 atom stereocenters. The Kier molecular flexibility index (Phi) is 3.66. The third-order valence-electron chi connectivity index (χ3n) is 2.64. The molecule has 0 radical (unpaired) electrons. The number of ether oxygens (including phenoxy) is 1. The van der Waals surface area contributed by atoms with Gasteiger partial charge in [0.15, 0.2) is 0 Å². The summed E-state index contributed by atoms with van der Waals surface area (Å²) in [5, 5.41) is 9.66. The molecule has 2 aromatic rings. The first-order valence-electron chi connectivity index (χ1n) is 5.42. The summed E-state index contributed by atoms with van der Waals surface area (Å²) in [5.74, 6) is -0.555. The molecule has 1 N–H and O–H groups in total. The van der Waals surface area contributed by atoms with Gasteiger partial charge in [0.05, 0.1) is 12.8 Å². The molecule has 0 saturated carbocycles. The molecule has 0 aliphatic carbocycles. The predicted molar refractivity (Wildman–Crippen MR) is 70.7 cm³/mol. The highest BCUT2D eigenvalue weighted by molar-refractivity contribution is 6.31. The van der Waals surface area contributed by atoms with E-state index in [2.05, 4.69) is 9.97 Å². The first-order chi connectivity index (χ1) is 9.04. The van der Waals surface area contributed by atoms with Crippen LogP contribution < -0.4 is 4.74 Å². The Labute approximate surface area is 114 Å². The number of carbonyl (C=O) groups is 1. The number of nitrogens with zero attached hydrogens (tertiary/aromatic N) is 2. The Bertz CT molecular complexity index is 644. The molecule has 6 heteroatoms. The van der Waals surface area contributed by atoms with E-state index >= 15 is 0 Å². The molecule has 0 fully saturated rings. The van der Waals surface area contributed by atoms with Gasteiger partial charge in [-0.3, -0.25) is 0 Å². The molecule has 98 valence electrons. The molecule has 0 saturated heterocycles. The third-order valence-corrected chi connectivity index (χ3v) is 2.86. The fourth-order valence-corrected chi connectivity index (χ4v) is 2.15. The van der Waals surface area contributed by atoms with Gasteiger partial charge in [-0.15, -0.1) is 0 Å². The van der Waals surface area contributed by atoms with Gasteiger partial charge in [0, 0.05) is 16.8 Å². The van der Waals surface area contributed by atoms with E-state index in [4.69, 9.17) is 16.3 Å². The Morgan fingerprint density at radius 2 is 2.16 bits per heavy atom. The van der Waals surface area contributed by atoms with E-state index in [1.165, 1.54) is 19.6 Å². The summed E-state index contributed by atoms with van der Waals surface area (Å²) in [7, 11) is 1.52. The average molecular weight is 279 g/mol. The van der Waals surface area contributed by atoms with E-state index in [0.717, 1.165) is 5.56 Å². The second-order valence-corrected chi connectivity index (χ2v) is 4.33. The van der Waals surface area contributed by atoms with Crippen LogP contribution in [0.3, 0.4) is 0 Å². The highest BCUT2D eigenvalue weighted by Gasteiger charge is 2.18. The molecule has 1 aromatic carbocycles. The van der Waals surface area contributed by atoms with E-state index < -0.39 is 5.97 Å². The second-order valence-electron chi connectivity index (χ2n) is 3.89. The lowest BCUT2D eigenvalue weighted by molar-refractivity contribution is 0.0697. The van der Waals surface area contributed by atoms with Crippen LogP contribution in [0.1, 0.15) is 15.9 Å². The van der Waals surface area contributed by atoms with Gasteiger partial charge in [-0.1, -0.05) is 11.6 Å². The summed E-state index contributed by atoms with van der Waals surface area (Å²) >= 11 is 6.01. The van der Waals surface area contributed by atoms with E-state index in [9.17, 15) is 9.90 Å². The van der Waals surface area contributed by atoms with Crippen molar-refractivity contribution >= 4 is 17.6 Å². The Balaban J connectivity index is 2.75. The van der Waals surface area contributed by atoms with Crippen molar-refractivity contribution in [2.24, 2.45) is 0 Å². The molecule has 0 aliphatic heterocycles. The predicted octanol–water partition coefficient (Wildman–Crippen LogP) is 2.81. The molecule has 1 heterocycles. The minimum atomic E-state index is -1.10. The van der Waals surface area contributed by atoms with Crippen LogP contribution in [0.5, 0.6) is 5.75 Å². The molecule has 0 amide bonds. The van der Waals surface area contributed by atoms with Gasteiger partial charge in [-0.2, -0.15) is 0 Å². The lowest BCUT2D eigenvalue weighted by Crippen LogP contribution is -2.04. The van der Waals surface area contributed by atoms with Gasteiger partial charge in [0.2, 0.25) is 0 Å². The molecular formula is C13H11ClN2O3. The summed E-state index contributed by atoms with van der Waals surface area (Å²) < 4.78 is 5.31. The van der Waals surface area contributed by atoms with Crippen molar-refractivity contribution in [3.8, 4) is 17.0 Å². The van der Waals surface area contributed by atoms with E-state index in [1.54, 1.807) is 12.1 Å². The van der Waals surface area contributed by atoms with Crippen molar-refractivity contribution in [3.05, 3.63) is 40.8 Å². The zero-order valence-electron chi connectivity index (χ0n) is 10.3. The summed E-state index contributed by atoms with van der Waals surface area (Å²) in [4.78, 5) is 19.0. The fourth-order valence-electron chi connectivity index (χ4n) is 1.88. The largest absolute Gasteiger partial charge is 0.496 e. The lowest BCUT2D eigenvalue weighted by Gasteiger charge is -2.12. The van der Waals surface area contributed by atoms with Crippen LogP contribution in [0, 0.1) is 6.92 Å². The number of hydrogen-bond donors (Lipinski definition) is 1. The third kappa shape index (κ3) is 2.51. The summed E-state index contributed by atoms with van der Waals surface area (Å²) in [6.07, 6.45) is 2.54. The maximum atomic E-state index is 11.2. The van der Waals surface area contributed by atoms with Crippen molar-refractivity contribution < 1.29 is 14.6 Å². The Morgan fingerprint density at radius 3 is 2.79 bits per heavy atom. The number of aryl methyl sites for hydroxylation is 1. The number of aromatic carboxylic acids is 1. The molecule has 19 heavy (non-hydrogen) atoms. The van der Waals surface area contributed by atoms with Crippen LogP contribution in [0.15, 0.2) is 24.7 Å². The monoisotopic (exact) mass is 278 g/mol.